The molecule has 7 nitrogen and oxygen atoms in total. The summed E-state index contributed by atoms with van der Waals surface area (Å²) in [5.74, 6) is -1.71. The van der Waals surface area contributed by atoms with E-state index in [0.717, 1.165) is 18.2 Å². The Balaban J connectivity index is 2.53. The molecule has 0 atom stereocenters. The Kier molecular flexibility index (Phi) is 5.00. The highest BCUT2D eigenvalue weighted by atomic mass is 19.1. The Morgan fingerprint density at radius 1 is 1.56 bits per heavy atom. The second-order valence-corrected chi connectivity index (χ2v) is 3.29. The van der Waals surface area contributed by atoms with Crippen LogP contribution in [0.2, 0.25) is 0 Å². The van der Waals surface area contributed by atoms with Gasteiger partial charge in [-0.1, -0.05) is 0 Å². The number of carbonyl (C=O) groups is 1. The number of benzene rings is 1. The van der Waals surface area contributed by atoms with Crippen molar-refractivity contribution in [2.24, 2.45) is 0 Å². The highest BCUT2D eigenvalue weighted by Crippen LogP contribution is 2.24. The van der Waals surface area contributed by atoms with Gasteiger partial charge in [0.15, 0.2) is 0 Å². The maximum atomic E-state index is 12.9. The Bertz CT molecular complexity index is 452. The first-order valence-electron chi connectivity index (χ1n) is 4.98. The fourth-order valence-electron chi connectivity index (χ4n) is 1.23. The lowest BCUT2D eigenvalue weighted by atomic mass is 10.2. The zero-order chi connectivity index (χ0) is 13.5. The van der Waals surface area contributed by atoms with Crippen molar-refractivity contribution in [1.82, 2.24) is 0 Å². The van der Waals surface area contributed by atoms with E-state index in [-0.39, 0.29) is 24.5 Å². The third-order valence-corrected chi connectivity index (χ3v) is 1.94. The molecule has 0 unspecified atom stereocenters. The first-order chi connectivity index (χ1) is 8.50. The van der Waals surface area contributed by atoms with Crippen LogP contribution >= 0.6 is 0 Å². The molecule has 8 heteroatoms. The number of nitro benzene ring substituents is 1. The number of ether oxygens (including phenoxy) is 1. The van der Waals surface area contributed by atoms with Crippen molar-refractivity contribution in [2.45, 2.75) is 0 Å². The van der Waals surface area contributed by atoms with Crippen LogP contribution in [0.3, 0.4) is 0 Å². The van der Waals surface area contributed by atoms with Gasteiger partial charge in [0.05, 0.1) is 11.5 Å². The highest BCUT2D eigenvalue weighted by molar-refractivity contribution is 5.68. The molecule has 18 heavy (non-hydrogen) atoms. The molecular formula is C10H11FN2O5. The molecule has 0 aliphatic rings. The minimum Gasteiger partial charge on any atom is -0.480 e. The van der Waals surface area contributed by atoms with Gasteiger partial charge in [-0.2, -0.15) is 0 Å². The Morgan fingerprint density at radius 3 is 2.89 bits per heavy atom. The second kappa shape index (κ2) is 6.50. The lowest BCUT2D eigenvalue weighted by molar-refractivity contribution is -0.384. The molecule has 0 bridgehead atoms. The molecule has 0 fully saturated rings. The molecular weight excluding hydrogens is 247 g/mol. The smallest absolute Gasteiger partial charge is 0.329 e. The van der Waals surface area contributed by atoms with Gasteiger partial charge in [0, 0.05) is 18.7 Å². The summed E-state index contributed by atoms with van der Waals surface area (Å²) in [7, 11) is 0. The summed E-state index contributed by atoms with van der Waals surface area (Å²) in [6, 6.07) is 3.04. The molecule has 0 spiro atoms. The quantitative estimate of drug-likeness (QED) is 0.433. The summed E-state index contributed by atoms with van der Waals surface area (Å²) >= 11 is 0. The summed E-state index contributed by atoms with van der Waals surface area (Å²) in [6.45, 7) is -0.273. The van der Waals surface area contributed by atoms with E-state index in [9.17, 15) is 19.3 Å². The number of aliphatic carboxylic acids is 1. The van der Waals surface area contributed by atoms with Crippen molar-refractivity contribution in [3.63, 3.8) is 0 Å². The van der Waals surface area contributed by atoms with Crippen molar-refractivity contribution in [2.75, 3.05) is 25.1 Å². The van der Waals surface area contributed by atoms with Crippen molar-refractivity contribution < 1.29 is 24.0 Å². The predicted molar refractivity (Wildman–Crippen MR) is 60.0 cm³/mol. The molecule has 0 heterocycles. The fraction of sp³-hybridized carbons (Fsp3) is 0.300. The van der Waals surface area contributed by atoms with Crippen LogP contribution in [0.25, 0.3) is 0 Å². The summed E-state index contributed by atoms with van der Waals surface area (Å²) in [4.78, 5) is 20.1. The third kappa shape index (κ3) is 4.34. The normalized spacial score (nSPS) is 10.1. The number of nitrogens with one attached hydrogen (secondary N) is 1. The minimum atomic E-state index is -1.10. The first kappa shape index (κ1) is 13.8. The molecule has 0 saturated heterocycles. The summed E-state index contributed by atoms with van der Waals surface area (Å²) in [6.07, 6.45) is 0. The molecule has 0 aliphatic carbocycles. The third-order valence-electron chi connectivity index (χ3n) is 1.94. The van der Waals surface area contributed by atoms with E-state index in [4.69, 9.17) is 9.84 Å². The second-order valence-electron chi connectivity index (χ2n) is 3.29. The van der Waals surface area contributed by atoms with Crippen LogP contribution in [0, 0.1) is 15.9 Å². The van der Waals surface area contributed by atoms with Crippen LogP contribution in [-0.2, 0) is 9.53 Å². The number of nitrogens with zero attached hydrogens (tertiary/aromatic N) is 1. The van der Waals surface area contributed by atoms with E-state index in [1.54, 1.807) is 0 Å². The molecule has 0 saturated carbocycles. The maximum absolute atomic E-state index is 12.9. The predicted octanol–water partition coefficient (Wildman–Crippen LogP) is 1.25. The zero-order valence-corrected chi connectivity index (χ0v) is 9.26. The van der Waals surface area contributed by atoms with E-state index in [1.807, 2.05) is 0 Å². The van der Waals surface area contributed by atoms with Gasteiger partial charge in [-0.25, -0.2) is 9.18 Å². The van der Waals surface area contributed by atoms with Gasteiger partial charge >= 0.3 is 5.97 Å². The number of rotatable bonds is 7. The standard InChI is InChI=1S/C10H11FN2O5/c11-7-1-2-9(13(16)17)8(5-7)12-3-4-18-6-10(14)15/h1-2,5,12H,3-4,6H2,(H,14,15). The average Bonchev–Trinajstić information content (AvgIpc) is 2.27. The molecule has 1 aromatic rings. The number of carboxylic acid groups (broad SMARTS) is 1. The highest BCUT2D eigenvalue weighted by Gasteiger charge is 2.13. The SMILES string of the molecule is O=C(O)COCCNc1cc(F)ccc1[N+](=O)[O-]. The van der Waals surface area contributed by atoms with Crippen molar-refractivity contribution >= 4 is 17.3 Å². The van der Waals surface area contributed by atoms with E-state index in [2.05, 4.69) is 5.32 Å². The van der Waals surface area contributed by atoms with Crippen molar-refractivity contribution in [3.8, 4) is 0 Å². The van der Waals surface area contributed by atoms with Gasteiger partial charge in [0.1, 0.15) is 18.1 Å². The first-order valence-corrected chi connectivity index (χ1v) is 4.98. The van der Waals surface area contributed by atoms with Gasteiger partial charge in [0.2, 0.25) is 0 Å². The van der Waals surface area contributed by atoms with Gasteiger partial charge < -0.3 is 15.2 Å². The van der Waals surface area contributed by atoms with Gasteiger partial charge in [0.25, 0.3) is 5.69 Å². The Hall–Kier alpha value is -2.22. The lowest BCUT2D eigenvalue weighted by Crippen LogP contribution is -2.14. The molecule has 0 aliphatic heterocycles. The van der Waals surface area contributed by atoms with E-state index < -0.39 is 23.3 Å². The minimum absolute atomic E-state index is 0.0268. The van der Waals surface area contributed by atoms with Crippen LogP contribution in [-0.4, -0.2) is 35.8 Å². The van der Waals surface area contributed by atoms with Crippen LogP contribution in [0.1, 0.15) is 0 Å². The van der Waals surface area contributed by atoms with Crippen LogP contribution in [0.15, 0.2) is 18.2 Å². The largest absolute Gasteiger partial charge is 0.480 e. The summed E-state index contributed by atoms with van der Waals surface area (Å²) in [5.41, 5.74) is -0.228. The molecule has 98 valence electrons. The summed E-state index contributed by atoms with van der Waals surface area (Å²) < 4.78 is 17.6. The average molecular weight is 258 g/mol. The number of hydrogen-bond acceptors (Lipinski definition) is 5. The van der Waals surface area contributed by atoms with Crippen LogP contribution < -0.4 is 5.32 Å². The Morgan fingerprint density at radius 2 is 2.28 bits per heavy atom. The number of halogens is 1. The van der Waals surface area contributed by atoms with Crippen molar-refractivity contribution in [3.05, 3.63) is 34.1 Å². The van der Waals surface area contributed by atoms with E-state index >= 15 is 0 Å². The van der Waals surface area contributed by atoms with Crippen molar-refractivity contribution in [1.29, 1.82) is 0 Å². The summed E-state index contributed by atoms with van der Waals surface area (Å²) in [5, 5.41) is 21.6. The zero-order valence-electron chi connectivity index (χ0n) is 9.26. The van der Waals surface area contributed by atoms with E-state index in [0.29, 0.717) is 0 Å². The molecule has 2 N–H and O–H groups in total. The number of anilines is 1. The van der Waals surface area contributed by atoms with Gasteiger partial charge in [-0.05, 0) is 6.07 Å². The molecule has 0 aromatic heterocycles. The molecule has 0 radical (unpaired) electrons. The lowest BCUT2D eigenvalue weighted by Gasteiger charge is -2.07. The van der Waals surface area contributed by atoms with Crippen LogP contribution in [0.4, 0.5) is 15.8 Å². The molecule has 0 amide bonds. The van der Waals surface area contributed by atoms with E-state index in [1.165, 1.54) is 0 Å². The topological polar surface area (TPSA) is 102 Å². The van der Waals surface area contributed by atoms with Crippen LogP contribution in [0.5, 0.6) is 0 Å². The molecule has 1 aromatic carbocycles. The number of nitro groups is 1. The monoisotopic (exact) mass is 258 g/mol. The number of carboxylic acids is 1. The molecule has 1 rings (SSSR count). The Labute approximate surface area is 101 Å². The van der Waals surface area contributed by atoms with Gasteiger partial charge in [-0.15, -0.1) is 0 Å². The maximum Gasteiger partial charge on any atom is 0.329 e. The number of hydrogen-bond donors (Lipinski definition) is 2. The van der Waals surface area contributed by atoms with Gasteiger partial charge in [-0.3, -0.25) is 10.1 Å². The fourth-order valence-corrected chi connectivity index (χ4v) is 1.23.